The van der Waals surface area contributed by atoms with Crippen molar-refractivity contribution in [3.63, 3.8) is 0 Å². The fourth-order valence-electron chi connectivity index (χ4n) is 2.57. The van der Waals surface area contributed by atoms with E-state index in [0.29, 0.717) is 17.6 Å². The van der Waals surface area contributed by atoms with Gasteiger partial charge in [0.1, 0.15) is 0 Å². The average Bonchev–Trinajstić information content (AvgIpc) is 2.60. The lowest BCUT2D eigenvalue weighted by molar-refractivity contribution is -0.667. The Balaban J connectivity index is 2.79. The second kappa shape index (κ2) is 5.11. The average molecular weight is 285 g/mol. The zero-order valence-corrected chi connectivity index (χ0v) is 12.3. The summed E-state index contributed by atoms with van der Waals surface area (Å²) in [7, 11) is 1.49. The summed E-state index contributed by atoms with van der Waals surface area (Å²) in [5, 5.41) is 0. The Labute approximate surface area is 116 Å². The number of hydrogen-bond acceptors (Lipinski definition) is 0. The number of aromatic nitrogens is 2. The summed E-state index contributed by atoms with van der Waals surface area (Å²) in [5.41, 5.74) is 3.32. The number of halogens is 3. The van der Waals surface area contributed by atoms with Gasteiger partial charge < -0.3 is 0 Å². The van der Waals surface area contributed by atoms with Crippen LogP contribution >= 0.6 is 0 Å². The number of nitrogens with zero attached hydrogens (tertiary/aromatic N) is 2. The van der Waals surface area contributed by atoms with Gasteiger partial charge in [0.25, 0.3) is 0 Å². The van der Waals surface area contributed by atoms with Gasteiger partial charge in [0.2, 0.25) is 0 Å². The summed E-state index contributed by atoms with van der Waals surface area (Å²) < 4.78 is 42.7. The highest BCUT2D eigenvalue weighted by molar-refractivity contribution is 5.74. The van der Waals surface area contributed by atoms with Gasteiger partial charge in [0, 0.05) is 0 Å². The maximum absolute atomic E-state index is 13.3. The van der Waals surface area contributed by atoms with Gasteiger partial charge in [-0.3, -0.25) is 0 Å². The predicted octanol–water partition coefficient (Wildman–Crippen LogP) is 3.90. The van der Waals surface area contributed by atoms with E-state index in [1.807, 2.05) is 32.9 Å². The number of benzene rings is 1. The fraction of sp³-hybridized carbons (Fsp3) is 0.533. The molecule has 1 aromatic heterocycles. The number of fused-ring (bicyclic) bond motifs is 1. The second-order valence-electron chi connectivity index (χ2n) is 5.31. The summed E-state index contributed by atoms with van der Waals surface area (Å²) in [5.74, 6) is -0.578. The van der Waals surface area contributed by atoms with Crippen LogP contribution in [0, 0.1) is 13.8 Å². The molecule has 0 fully saturated rings. The van der Waals surface area contributed by atoms with E-state index in [1.165, 1.54) is 16.2 Å². The van der Waals surface area contributed by atoms with Crippen molar-refractivity contribution in [3.8, 4) is 0 Å². The first-order chi connectivity index (χ1) is 9.27. The minimum absolute atomic E-state index is 0.394. The molecule has 0 saturated carbocycles. The van der Waals surface area contributed by atoms with Crippen molar-refractivity contribution < 1.29 is 17.7 Å². The van der Waals surface area contributed by atoms with Gasteiger partial charge in [-0.25, -0.2) is 9.13 Å². The van der Waals surface area contributed by atoms with Crippen LogP contribution in [0.2, 0.25) is 0 Å². The minimum atomic E-state index is -4.34. The van der Waals surface area contributed by atoms with E-state index in [4.69, 9.17) is 0 Å². The highest BCUT2D eigenvalue weighted by Crippen LogP contribution is 2.31. The molecule has 0 unspecified atom stereocenters. The van der Waals surface area contributed by atoms with Crippen molar-refractivity contribution in [2.45, 2.75) is 46.3 Å². The van der Waals surface area contributed by atoms with Crippen molar-refractivity contribution >= 4 is 11.0 Å². The molecule has 2 aromatic rings. The van der Waals surface area contributed by atoms with Gasteiger partial charge >= 0.3 is 12.0 Å². The molecule has 20 heavy (non-hydrogen) atoms. The summed E-state index contributed by atoms with van der Waals surface area (Å²) in [6.07, 6.45) is -2.74. The first kappa shape index (κ1) is 14.9. The van der Waals surface area contributed by atoms with Crippen LogP contribution < -0.4 is 4.57 Å². The molecule has 0 amide bonds. The molecule has 0 spiro atoms. The Morgan fingerprint density at radius 2 is 1.75 bits per heavy atom. The zero-order chi connectivity index (χ0) is 15.1. The van der Waals surface area contributed by atoms with Crippen molar-refractivity contribution in [1.82, 2.24) is 4.57 Å². The number of hydrogen-bond donors (Lipinski definition) is 0. The van der Waals surface area contributed by atoms with Gasteiger partial charge in [-0.05, 0) is 43.5 Å². The quantitative estimate of drug-likeness (QED) is 0.756. The Kier molecular flexibility index (Phi) is 3.80. The topological polar surface area (TPSA) is 8.81 Å². The lowest BCUT2D eigenvalue weighted by Gasteiger charge is -2.05. The van der Waals surface area contributed by atoms with Gasteiger partial charge in [-0.1, -0.05) is 13.3 Å². The molecule has 0 radical (unpaired) electrons. The molecule has 110 valence electrons. The van der Waals surface area contributed by atoms with E-state index < -0.39 is 12.0 Å². The lowest BCUT2D eigenvalue weighted by Crippen LogP contribution is -2.38. The van der Waals surface area contributed by atoms with Crippen molar-refractivity contribution in [2.75, 3.05) is 0 Å². The maximum Gasteiger partial charge on any atom is 0.495 e. The lowest BCUT2D eigenvalue weighted by atomic mass is 10.1. The summed E-state index contributed by atoms with van der Waals surface area (Å²) in [6, 6.07) is 3.69. The summed E-state index contributed by atoms with van der Waals surface area (Å²) >= 11 is 0. The number of rotatable bonds is 3. The van der Waals surface area contributed by atoms with Gasteiger partial charge in [-0.15, -0.1) is 0 Å². The standard InChI is InChI=1S/C15H20F3N2/c1-5-6-7-20-13-9-11(3)10(2)8-12(13)19(4)14(20)15(16,17)18/h8-9H,5-7H2,1-4H3/q+1. The van der Waals surface area contributed by atoms with E-state index in [2.05, 4.69) is 0 Å². The minimum Gasteiger partial charge on any atom is -0.222 e. The third-order valence-corrected chi connectivity index (χ3v) is 3.81. The molecule has 1 heterocycles. The molecule has 0 atom stereocenters. The molecule has 2 rings (SSSR count). The molecular formula is C15H20F3N2+. The molecule has 0 aliphatic carbocycles. The van der Waals surface area contributed by atoms with E-state index in [9.17, 15) is 13.2 Å². The van der Waals surface area contributed by atoms with E-state index in [0.717, 1.165) is 24.0 Å². The van der Waals surface area contributed by atoms with E-state index in [-0.39, 0.29) is 0 Å². The van der Waals surface area contributed by atoms with Gasteiger partial charge in [-0.2, -0.15) is 13.2 Å². The van der Waals surface area contributed by atoms with Crippen LogP contribution in [0.5, 0.6) is 0 Å². The summed E-state index contributed by atoms with van der Waals surface area (Å²) in [4.78, 5) is 0. The predicted molar refractivity (Wildman–Crippen MR) is 72.5 cm³/mol. The summed E-state index contributed by atoms with van der Waals surface area (Å²) in [6.45, 7) is 6.23. The first-order valence-corrected chi connectivity index (χ1v) is 6.84. The molecule has 0 bridgehead atoms. The van der Waals surface area contributed by atoms with Crippen LogP contribution in [0.25, 0.3) is 11.0 Å². The zero-order valence-electron chi connectivity index (χ0n) is 12.3. The Hall–Kier alpha value is -1.52. The third-order valence-electron chi connectivity index (χ3n) is 3.81. The van der Waals surface area contributed by atoms with Crippen LogP contribution in [0.1, 0.15) is 36.7 Å². The molecule has 5 heteroatoms. The van der Waals surface area contributed by atoms with Crippen LogP contribution in [0.4, 0.5) is 13.2 Å². The first-order valence-electron chi connectivity index (χ1n) is 6.84. The van der Waals surface area contributed by atoms with Crippen LogP contribution in [0.3, 0.4) is 0 Å². The highest BCUT2D eigenvalue weighted by Gasteiger charge is 2.46. The van der Waals surface area contributed by atoms with Crippen molar-refractivity contribution in [1.29, 1.82) is 0 Å². The smallest absolute Gasteiger partial charge is 0.222 e. The maximum atomic E-state index is 13.3. The Morgan fingerprint density at radius 1 is 1.15 bits per heavy atom. The van der Waals surface area contributed by atoms with Gasteiger partial charge in [0.15, 0.2) is 11.0 Å². The SMILES string of the molecule is CCCCn1c(C(F)(F)F)[n+](C)c2cc(C)c(C)cc21. The number of aryl methyl sites for hydroxylation is 4. The van der Waals surface area contributed by atoms with Crippen LogP contribution in [-0.2, 0) is 19.8 Å². The molecular weight excluding hydrogens is 265 g/mol. The monoisotopic (exact) mass is 285 g/mol. The highest BCUT2D eigenvalue weighted by atomic mass is 19.4. The Morgan fingerprint density at radius 3 is 2.30 bits per heavy atom. The molecule has 0 aliphatic rings. The molecule has 2 nitrogen and oxygen atoms in total. The molecule has 0 saturated heterocycles. The normalized spacial score (nSPS) is 12.3. The molecule has 0 N–H and O–H groups in total. The Bertz CT molecular complexity index is 639. The van der Waals surface area contributed by atoms with Crippen molar-refractivity contribution in [3.05, 3.63) is 29.1 Å². The third kappa shape index (κ3) is 2.41. The van der Waals surface area contributed by atoms with Crippen LogP contribution in [0.15, 0.2) is 12.1 Å². The number of imidazole rings is 1. The van der Waals surface area contributed by atoms with Crippen LogP contribution in [-0.4, -0.2) is 4.57 Å². The fourth-order valence-corrected chi connectivity index (χ4v) is 2.57. The largest absolute Gasteiger partial charge is 0.495 e. The van der Waals surface area contributed by atoms with Gasteiger partial charge in [0.05, 0.1) is 13.6 Å². The van der Waals surface area contributed by atoms with Crippen molar-refractivity contribution in [2.24, 2.45) is 7.05 Å². The number of alkyl halides is 3. The van der Waals surface area contributed by atoms with E-state index >= 15 is 0 Å². The van der Waals surface area contributed by atoms with E-state index in [1.54, 1.807) is 0 Å². The molecule has 1 aromatic carbocycles. The second-order valence-corrected chi connectivity index (χ2v) is 5.31. The number of unbranched alkanes of at least 4 members (excludes halogenated alkanes) is 1. The molecule has 0 aliphatic heterocycles.